The standard InChI is InChI=1S/C18H19N5OS2/c1-12-15-14(11-26-12)21-16(22-17(15)23-5-7-25-8-6-23)18(24)20-10-13-3-2-4-19-9-13/h2-4,9,11H,5-8,10H2,1H3,(H,20,24). The maximum Gasteiger partial charge on any atom is 0.289 e. The van der Waals surface area contributed by atoms with Gasteiger partial charge in [0, 0.05) is 53.8 Å². The summed E-state index contributed by atoms with van der Waals surface area (Å²) in [5.74, 6) is 3.02. The summed E-state index contributed by atoms with van der Waals surface area (Å²) in [6.07, 6.45) is 3.45. The number of thioether (sulfide) groups is 1. The molecule has 3 aromatic heterocycles. The first-order valence-electron chi connectivity index (χ1n) is 8.48. The van der Waals surface area contributed by atoms with Crippen molar-refractivity contribution in [2.24, 2.45) is 0 Å². The molecule has 6 nitrogen and oxygen atoms in total. The lowest BCUT2D eigenvalue weighted by atomic mass is 10.2. The van der Waals surface area contributed by atoms with Crippen molar-refractivity contribution in [1.82, 2.24) is 20.3 Å². The lowest BCUT2D eigenvalue weighted by Crippen LogP contribution is -2.34. The van der Waals surface area contributed by atoms with Crippen molar-refractivity contribution in [3.8, 4) is 0 Å². The van der Waals surface area contributed by atoms with E-state index in [4.69, 9.17) is 0 Å². The van der Waals surface area contributed by atoms with Gasteiger partial charge in [0.05, 0.1) is 10.9 Å². The first kappa shape index (κ1) is 17.2. The van der Waals surface area contributed by atoms with E-state index in [2.05, 4.69) is 32.1 Å². The van der Waals surface area contributed by atoms with Crippen LogP contribution in [-0.4, -0.2) is 45.5 Å². The summed E-state index contributed by atoms with van der Waals surface area (Å²) < 4.78 is 0. The van der Waals surface area contributed by atoms with Crippen LogP contribution in [0.15, 0.2) is 29.9 Å². The Morgan fingerprint density at radius 3 is 2.92 bits per heavy atom. The van der Waals surface area contributed by atoms with E-state index in [9.17, 15) is 4.79 Å². The fourth-order valence-corrected chi connectivity index (χ4v) is 4.64. The Morgan fingerprint density at radius 1 is 1.31 bits per heavy atom. The SMILES string of the molecule is Cc1scc2nc(C(=O)NCc3cccnc3)nc(N3CCSCC3)c12. The molecule has 0 bridgehead atoms. The second-order valence-corrected chi connectivity index (χ2v) is 8.37. The zero-order valence-electron chi connectivity index (χ0n) is 14.4. The lowest BCUT2D eigenvalue weighted by molar-refractivity contribution is 0.0941. The minimum atomic E-state index is -0.257. The Kier molecular flexibility index (Phi) is 5.03. The average molecular weight is 386 g/mol. The first-order valence-corrected chi connectivity index (χ1v) is 10.5. The number of nitrogens with zero attached hydrogens (tertiary/aromatic N) is 4. The van der Waals surface area contributed by atoms with Gasteiger partial charge in [-0.15, -0.1) is 11.3 Å². The van der Waals surface area contributed by atoms with Crippen molar-refractivity contribution in [1.29, 1.82) is 0 Å². The van der Waals surface area contributed by atoms with Gasteiger partial charge in [-0.2, -0.15) is 11.8 Å². The number of carbonyl (C=O) groups excluding carboxylic acids is 1. The highest BCUT2D eigenvalue weighted by Gasteiger charge is 2.21. The molecule has 26 heavy (non-hydrogen) atoms. The molecule has 0 aromatic carbocycles. The molecule has 1 saturated heterocycles. The molecule has 0 aliphatic carbocycles. The number of thiophene rings is 1. The van der Waals surface area contributed by atoms with E-state index in [0.29, 0.717) is 6.54 Å². The molecule has 0 unspecified atom stereocenters. The third-order valence-electron chi connectivity index (χ3n) is 4.31. The molecular weight excluding hydrogens is 366 g/mol. The minimum Gasteiger partial charge on any atom is -0.354 e. The van der Waals surface area contributed by atoms with Gasteiger partial charge in [0.1, 0.15) is 5.82 Å². The van der Waals surface area contributed by atoms with Crippen molar-refractivity contribution in [2.75, 3.05) is 29.5 Å². The van der Waals surface area contributed by atoms with E-state index in [1.54, 1.807) is 23.7 Å². The molecule has 1 N–H and O–H groups in total. The van der Waals surface area contributed by atoms with Gasteiger partial charge in [0.2, 0.25) is 5.82 Å². The van der Waals surface area contributed by atoms with E-state index >= 15 is 0 Å². The maximum absolute atomic E-state index is 12.6. The molecule has 1 amide bonds. The number of amides is 1. The lowest BCUT2D eigenvalue weighted by Gasteiger charge is -2.28. The van der Waals surface area contributed by atoms with Gasteiger partial charge in [-0.1, -0.05) is 6.07 Å². The zero-order chi connectivity index (χ0) is 17.9. The molecule has 8 heteroatoms. The molecule has 0 radical (unpaired) electrons. The Balaban J connectivity index is 1.63. The van der Waals surface area contributed by atoms with Crippen LogP contribution in [0, 0.1) is 6.92 Å². The normalized spacial score (nSPS) is 14.6. The van der Waals surface area contributed by atoms with Gasteiger partial charge in [0.15, 0.2) is 0 Å². The summed E-state index contributed by atoms with van der Waals surface area (Å²) in [7, 11) is 0. The number of aromatic nitrogens is 3. The van der Waals surface area contributed by atoms with Crippen LogP contribution in [0.4, 0.5) is 5.82 Å². The summed E-state index contributed by atoms with van der Waals surface area (Å²) in [5.41, 5.74) is 1.80. The van der Waals surface area contributed by atoms with E-state index in [-0.39, 0.29) is 11.7 Å². The maximum atomic E-state index is 12.6. The molecule has 1 aliphatic heterocycles. The number of nitrogens with one attached hydrogen (secondary N) is 1. The third-order valence-corrected chi connectivity index (χ3v) is 6.15. The van der Waals surface area contributed by atoms with Crippen LogP contribution in [0.5, 0.6) is 0 Å². The Bertz CT molecular complexity index is 922. The number of rotatable bonds is 4. The van der Waals surface area contributed by atoms with E-state index in [0.717, 1.165) is 46.9 Å². The molecule has 0 saturated carbocycles. The number of pyridine rings is 1. The molecular formula is C18H19N5OS2. The Morgan fingerprint density at radius 2 is 2.15 bits per heavy atom. The van der Waals surface area contributed by atoms with Gasteiger partial charge in [-0.3, -0.25) is 9.78 Å². The minimum absolute atomic E-state index is 0.229. The summed E-state index contributed by atoms with van der Waals surface area (Å²) in [4.78, 5) is 29.3. The number of carbonyl (C=O) groups is 1. The number of hydrogen-bond acceptors (Lipinski definition) is 7. The van der Waals surface area contributed by atoms with Crippen LogP contribution in [0.1, 0.15) is 21.1 Å². The smallest absolute Gasteiger partial charge is 0.289 e. The van der Waals surface area contributed by atoms with Crippen molar-refractivity contribution >= 4 is 45.7 Å². The van der Waals surface area contributed by atoms with Crippen LogP contribution in [0.2, 0.25) is 0 Å². The predicted octanol–water partition coefficient (Wildman–Crippen LogP) is 2.88. The number of aryl methyl sites for hydroxylation is 1. The number of hydrogen-bond donors (Lipinski definition) is 1. The number of anilines is 1. The largest absolute Gasteiger partial charge is 0.354 e. The molecule has 3 aromatic rings. The fraction of sp³-hybridized carbons (Fsp3) is 0.333. The van der Waals surface area contributed by atoms with Crippen molar-refractivity contribution < 1.29 is 4.79 Å². The van der Waals surface area contributed by atoms with E-state index in [1.165, 1.54) is 4.88 Å². The summed E-state index contributed by atoms with van der Waals surface area (Å²) >= 11 is 3.61. The van der Waals surface area contributed by atoms with Gasteiger partial charge in [-0.05, 0) is 18.6 Å². The first-order chi connectivity index (χ1) is 12.7. The highest BCUT2D eigenvalue weighted by molar-refractivity contribution is 7.99. The van der Waals surface area contributed by atoms with E-state index in [1.807, 2.05) is 29.3 Å². The molecule has 4 rings (SSSR count). The molecule has 4 heterocycles. The molecule has 0 spiro atoms. The van der Waals surface area contributed by atoms with Gasteiger partial charge < -0.3 is 10.2 Å². The molecule has 1 fully saturated rings. The van der Waals surface area contributed by atoms with E-state index < -0.39 is 0 Å². The molecule has 1 aliphatic rings. The topological polar surface area (TPSA) is 71.0 Å². The molecule has 0 atom stereocenters. The van der Waals surface area contributed by atoms with Crippen molar-refractivity contribution in [2.45, 2.75) is 13.5 Å². The van der Waals surface area contributed by atoms with Crippen molar-refractivity contribution in [3.05, 3.63) is 46.2 Å². The van der Waals surface area contributed by atoms with Crippen LogP contribution in [0.3, 0.4) is 0 Å². The van der Waals surface area contributed by atoms with Crippen molar-refractivity contribution in [3.63, 3.8) is 0 Å². The van der Waals surface area contributed by atoms with Crippen LogP contribution >= 0.6 is 23.1 Å². The van der Waals surface area contributed by atoms with Crippen LogP contribution in [0.25, 0.3) is 10.9 Å². The Hall–Kier alpha value is -2.19. The highest BCUT2D eigenvalue weighted by Crippen LogP contribution is 2.32. The number of fused-ring (bicyclic) bond motifs is 1. The Labute approximate surface area is 160 Å². The summed E-state index contributed by atoms with van der Waals surface area (Å²) in [6, 6.07) is 3.78. The summed E-state index contributed by atoms with van der Waals surface area (Å²) in [5, 5.41) is 5.97. The van der Waals surface area contributed by atoms with Gasteiger partial charge >= 0.3 is 0 Å². The third kappa shape index (κ3) is 3.52. The van der Waals surface area contributed by atoms with Crippen LogP contribution < -0.4 is 10.2 Å². The zero-order valence-corrected chi connectivity index (χ0v) is 16.1. The second kappa shape index (κ2) is 7.59. The molecule has 134 valence electrons. The quantitative estimate of drug-likeness (QED) is 0.745. The summed E-state index contributed by atoms with van der Waals surface area (Å²) in [6.45, 7) is 4.39. The fourth-order valence-electron chi connectivity index (χ4n) is 2.96. The second-order valence-electron chi connectivity index (χ2n) is 6.07. The monoisotopic (exact) mass is 385 g/mol. The van der Waals surface area contributed by atoms with Gasteiger partial charge in [-0.25, -0.2) is 9.97 Å². The highest BCUT2D eigenvalue weighted by atomic mass is 32.2. The van der Waals surface area contributed by atoms with Crippen LogP contribution in [-0.2, 0) is 6.54 Å². The predicted molar refractivity (Wildman–Crippen MR) is 107 cm³/mol. The average Bonchev–Trinajstić information content (AvgIpc) is 3.08. The van der Waals surface area contributed by atoms with Gasteiger partial charge in [0.25, 0.3) is 5.91 Å².